The zero-order valence-corrected chi connectivity index (χ0v) is 12.3. The standard InChI is InChI=1S/C16H25NO2/c1-6-16-10-14(11(2)3)18-15(16)8-7-13(19-16)9-12(4)17-5/h12-15H,2,6-10H2,1,3-4H3/t12-,13?,14+,15-,16-/m0/s1. The second kappa shape index (κ2) is 5.64. The Morgan fingerprint density at radius 2 is 2.26 bits per heavy atom. The van der Waals surface area contributed by atoms with Gasteiger partial charge in [-0.1, -0.05) is 19.1 Å². The Hall–Kier alpha value is -0.850. The average Bonchev–Trinajstić information content (AvgIpc) is 2.78. The fraction of sp³-hybridized carbons (Fsp3) is 0.812. The van der Waals surface area contributed by atoms with E-state index in [1.807, 2.05) is 13.8 Å². The average molecular weight is 263 g/mol. The van der Waals surface area contributed by atoms with Crippen LogP contribution in [0.4, 0.5) is 0 Å². The Kier molecular flexibility index (Phi) is 4.32. The van der Waals surface area contributed by atoms with E-state index in [4.69, 9.17) is 16.0 Å². The Balaban J connectivity index is 2.06. The van der Waals surface area contributed by atoms with Crippen LogP contribution < -0.4 is 0 Å². The molecule has 3 nitrogen and oxygen atoms in total. The van der Waals surface area contributed by atoms with Crippen LogP contribution in [0.25, 0.3) is 4.85 Å². The molecule has 0 aliphatic carbocycles. The van der Waals surface area contributed by atoms with Crippen molar-refractivity contribution in [1.29, 1.82) is 0 Å². The molecule has 0 bridgehead atoms. The SMILES string of the molecule is [C-]#[N+][C@@H](C)CC1CC[C@@H]2O[C@@H](C(=C)C)C[C@]2(CC)O1. The van der Waals surface area contributed by atoms with Crippen molar-refractivity contribution >= 4 is 0 Å². The summed E-state index contributed by atoms with van der Waals surface area (Å²) in [5.74, 6) is 0. The Labute approximate surface area is 116 Å². The first-order valence-electron chi connectivity index (χ1n) is 7.36. The monoisotopic (exact) mass is 263 g/mol. The van der Waals surface area contributed by atoms with Crippen LogP contribution in [0, 0.1) is 6.57 Å². The van der Waals surface area contributed by atoms with Crippen LogP contribution in [0.5, 0.6) is 0 Å². The van der Waals surface area contributed by atoms with Crippen molar-refractivity contribution in [2.75, 3.05) is 0 Å². The lowest BCUT2D eigenvalue weighted by molar-refractivity contribution is -0.168. The van der Waals surface area contributed by atoms with Crippen LogP contribution in [0.1, 0.15) is 52.9 Å². The summed E-state index contributed by atoms with van der Waals surface area (Å²) in [4.78, 5) is 3.58. The Morgan fingerprint density at radius 1 is 1.53 bits per heavy atom. The molecule has 2 heterocycles. The summed E-state index contributed by atoms with van der Waals surface area (Å²) in [7, 11) is 0. The number of rotatable bonds is 4. The van der Waals surface area contributed by atoms with Crippen molar-refractivity contribution in [2.45, 2.75) is 82.8 Å². The van der Waals surface area contributed by atoms with Gasteiger partial charge in [-0.2, -0.15) is 0 Å². The second-order valence-electron chi connectivity index (χ2n) is 6.11. The van der Waals surface area contributed by atoms with Crippen molar-refractivity contribution in [3.63, 3.8) is 0 Å². The molecule has 2 aliphatic rings. The lowest BCUT2D eigenvalue weighted by Gasteiger charge is -2.41. The molecule has 2 rings (SSSR count). The van der Waals surface area contributed by atoms with Crippen molar-refractivity contribution in [3.8, 4) is 0 Å². The van der Waals surface area contributed by atoms with E-state index in [1.54, 1.807) is 0 Å². The first-order chi connectivity index (χ1) is 9.00. The summed E-state index contributed by atoms with van der Waals surface area (Å²) in [6, 6.07) is 0.0507. The highest BCUT2D eigenvalue weighted by atomic mass is 16.6. The molecule has 0 N–H and O–H groups in total. The highest BCUT2D eigenvalue weighted by Crippen LogP contribution is 2.45. The molecule has 5 atom stereocenters. The summed E-state index contributed by atoms with van der Waals surface area (Å²) in [5, 5.41) is 0. The number of nitrogens with zero attached hydrogens (tertiary/aromatic N) is 1. The van der Waals surface area contributed by atoms with E-state index in [-0.39, 0.29) is 30.0 Å². The maximum atomic E-state index is 7.09. The van der Waals surface area contributed by atoms with Gasteiger partial charge in [0.2, 0.25) is 6.04 Å². The van der Waals surface area contributed by atoms with Crippen molar-refractivity contribution in [1.82, 2.24) is 0 Å². The van der Waals surface area contributed by atoms with Crippen LogP contribution in [-0.2, 0) is 9.47 Å². The van der Waals surface area contributed by atoms with Gasteiger partial charge < -0.3 is 14.3 Å². The molecule has 0 spiro atoms. The van der Waals surface area contributed by atoms with Gasteiger partial charge in [-0.3, -0.25) is 0 Å². The minimum Gasteiger partial charge on any atom is -0.369 e. The summed E-state index contributed by atoms with van der Waals surface area (Å²) >= 11 is 0. The van der Waals surface area contributed by atoms with E-state index in [2.05, 4.69) is 18.3 Å². The number of ether oxygens (including phenoxy) is 2. The number of hydrogen-bond donors (Lipinski definition) is 0. The molecule has 0 saturated carbocycles. The smallest absolute Gasteiger partial charge is 0.223 e. The molecule has 19 heavy (non-hydrogen) atoms. The van der Waals surface area contributed by atoms with Gasteiger partial charge in [0.15, 0.2) is 0 Å². The third-order valence-corrected chi connectivity index (χ3v) is 4.57. The summed E-state index contributed by atoms with van der Waals surface area (Å²) < 4.78 is 12.5. The molecule has 0 aromatic rings. The van der Waals surface area contributed by atoms with Crippen LogP contribution in [0.3, 0.4) is 0 Å². The van der Waals surface area contributed by atoms with Crippen LogP contribution in [0.2, 0.25) is 0 Å². The van der Waals surface area contributed by atoms with E-state index in [0.717, 1.165) is 37.7 Å². The van der Waals surface area contributed by atoms with Gasteiger partial charge in [0, 0.05) is 19.8 Å². The molecule has 2 aliphatic heterocycles. The molecule has 2 fully saturated rings. The molecule has 0 aromatic heterocycles. The fourth-order valence-corrected chi connectivity index (χ4v) is 3.34. The van der Waals surface area contributed by atoms with Crippen molar-refractivity contribution in [3.05, 3.63) is 23.6 Å². The first kappa shape index (κ1) is 14.6. The Morgan fingerprint density at radius 3 is 2.84 bits per heavy atom. The largest absolute Gasteiger partial charge is 0.369 e. The highest BCUT2D eigenvalue weighted by Gasteiger charge is 2.52. The van der Waals surface area contributed by atoms with E-state index in [0.29, 0.717) is 0 Å². The predicted octanol–water partition coefficient (Wildman–Crippen LogP) is 3.75. The third-order valence-electron chi connectivity index (χ3n) is 4.57. The second-order valence-corrected chi connectivity index (χ2v) is 6.11. The molecule has 2 saturated heterocycles. The van der Waals surface area contributed by atoms with Gasteiger partial charge in [0.25, 0.3) is 0 Å². The topological polar surface area (TPSA) is 22.8 Å². The molecular weight excluding hydrogens is 238 g/mol. The minimum absolute atomic E-state index is 0.0507. The summed E-state index contributed by atoms with van der Waals surface area (Å²) in [6.07, 6.45) is 5.36. The van der Waals surface area contributed by atoms with Crippen LogP contribution in [0.15, 0.2) is 12.2 Å². The maximum Gasteiger partial charge on any atom is 0.223 e. The van der Waals surface area contributed by atoms with Gasteiger partial charge in [0.05, 0.1) is 23.9 Å². The maximum absolute atomic E-state index is 7.09. The number of fused-ring (bicyclic) bond motifs is 1. The Bertz CT molecular complexity index is 387. The summed E-state index contributed by atoms with van der Waals surface area (Å²) in [5.41, 5.74) is 0.950. The molecule has 3 heteroatoms. The van der Waals surface area contributed by atoms with Crippen LogP contribution in [-0.4, -0.2) is 30.0 Å². The van der Waals surface area contributed by atoms with Gasteiger partial charge in [-0.25, -0.2) is 6.57 Å². The molecular formula is C16H25NO2. The van der Waals surface area contributed by atoms with E-state index < -0.39 is 0 Å². The van der Waals surface area contributed by atoms with Crippen molar-refractivity contribution < 1.29 is 9.47 Å². The lowest BCUT2D eigenvalue weighted by atomic mass is 9.83. The van der Waals surface area contributed by atoms with E-state index >= 15 is 0 Å². The fourth-order valence-electron chi connectivity index (χ4n) is 3.34. The van der Waals surface area contributed by atoms with Crippen LogP contribution >= 0.6 is 0 Å². The van der Waals surface area contributed by atoms with Crippen molar-refractivity contribution in [2.24, 2.45) is 0 Å². The number of hydrogen-bond acceptors (Lipinski definition) is 2. The minimum atomic E-state index is -0.145. The van der Waals surface area contributed by atoms with E-state index in [1.165, 1.54) is 0 Å². The molecule has 0 aromatic carbocycles. The summed E-state index contributed by atoms with van der Waals surface area (Å²) in [6.45, 7) is 17.3. The zero-order valence-electron chi connectivity index (χ0n) is 12.3. The molecule has 1 unspecified atom stereocenters. The van der Waals surface area contributed by atoms with Gasteiger partial charge in [0.1, 0.15) is 0 Å². The lowest BCUT2D eigenvalue weighted by Crippen LogP contribution is -2.48. The van der Waals surface area contributed by atoms with Gasteiger partial charge >= 0.3 is 0 Å². The molecule has 0 amide bonds. The highest BCUT2D eigenvalue weighted by molar-refractivity contribution is 5.10. The molecule has 0 radical (unpaired) electrons. The third kappa shape index (κ3) is 2.85. The van der Waals surface area contributed by atoms with E-state index in [9.17, 15) is 0 Å². The quantitative estimate of drug-likeness (QED) is 0.569. The molecule has 106 valence electrons. The van der Waals surface area contributed by atoms with Gasteiger partial charge in [-0.15, -0.1) is 0 Å². The first-order valence-corrected chi connectivity index (χ1v) is 7.36. The van der Waals surface area contributed by atoms with Gasteiger partial charge in [-0.05, 0) is 26.2 Å². The predicted molar refractivity (Wildman–Crippen MR) is 75.9 cm³/mol. The normalized spacial score (nSPS) is 39.4. The zero-order chi connectivity index (χ0) is 14.0.